The zero-order valence-corrected chi connectivity index (χ0v) is 11.2. The summed E-state index contributed by atoms with van der Waals surface area (Å²) in [5.41, 5.74) is 1.82. The molecule has 2 heteroatoms. The van der Waals surface area contributed by atoms with Crippen molar-refractivity contribution in [3.05, 3.63) is 29.3 Å². The molecule has 94 valence electrons. The predicted molar refractivity (Wildman–Crippen MR) is 70.8 cm³/mol. The number of hydrogen-bond donors (Lipinski definition) is 0. The quantitative estimate of drug-likeness (QED) is 0.695. The lowest BCUT2D eigenvalue weighted by molar-refractivity contribution is 0.0955. The van der Waals surface area contributed by atoms with E-state index in [1.807, 2.05) is 25.1 Å². The van der Waals surface area contributed by atoms with Crippen LogP contribution >= 0.6 is 0 Å². The van der Waals surface area contributed by atoms with Gasteiger partial charge in [0.2, 0.25) is 0 Å². The van der Waals surface area contributed by atoms with Crippen LogP contribution in [0.5, 0.6) is 5.75 Å². The molecule has 2 nitrogen and oxygen atoms in total. The van der Waals surface area contributed by atoms with E-state index in [0.29, 0.717) is 18.1 Å². The lowest BCUT2D eigenvalue weighted by Gasteiger charge is -2.13. The van der Waals surface area contributed by atoms with Crippen LogP contribution in [0.4, 0.5) is 0 Å². The minimum absolute atomic E-state index is 0.194. The minimum atomic E-state index is 0.194. The lowest BCUT2D eigenvalue weighted by Crippen LogP contribution is -2.09. The molecule has 0 heterocycles. The Bertz CT molecular complexity index is 379. The average Bonchev–Trinajstić information content (AvgIpc) is 2.35. The van der Waals surface area contributed by atoms with E-state index in [2.05, 4.69) is 13.8 Å². The third kappa shape index (κ3) is 3.58. The number of aryl methyl sites for hydroxylation is 1. The Morgan fingerprint density at radius 2 is 1.94 bits per heavy atom. The molecule has 0 bridgehead atoms. The van der Waals surface area contributed by atoms with Gasteiger partial charge in [0.15, 0.2) is 5.78 Å². The Morgan fingerprint density at radius 3 is 2.47 bits per heavy atom. The van der Waals surface area contributed by atoms with Crippen LogP contribution in [0.3, 0.4) is 0 Å². The highest BCUT2D eigenvalue weighted by atomic mass is 16.5. The van der Waals surface area contributed by atoms with E-state index in [1.165, 1.54) is 0 Å². The monoisotopic (exact) mass is 234 g/mol. The van der Waals surface area contributed by atoms with Crippen molar-refractivity contribution in [3.8, 4) is 5.75 Å². The molecule has 0 spiro atoms. The molecule has 0 aliphatic rings. The van der Waals surface area contributed by atoms with Crippen LogP contribution in [0.15, 0.2) is 18.2 Å². The van der Waals surface area contributed by atoms with Crippen molar-refractivity contribution >= 4 is 5.78 Å². The van der Waals surface area contributed by atoms with Gasteiger partial charge in [0, 0.05) is 6.42 Å². The van der Waals surface area contributed by atoms with Gasteiger partial charge in [-0.15, -0.1) is 0 Å². The summed E-state index contributed by atoms with van der Waals surface area (Å²) >= 11 is 0. The highest BCUT2D eigenvalue weighted by Crippen LogP contribution is 2.24. The largest absolute Gasteiger partial charge is 0.496 e. The third-order valence-corrected chi connectivity index (χ3v) is 3.28. The molecule has 0 saturated heterocycles. The standard InChI is InChI=1S/C15H22O2/c1-5-12(6-2)10-14(16)13-9-11(3)7-8-15(13)17-4/h7-9,12H,5-6,10H2,1-4H3. The average molecular weight is 234 g/mol. The molecule has 0 radical (unpaired) electrons. The molecule has 1 aromatic rings. The van der Waals surface area contributed by atoms with Gasteiger partial charge in [-0.3, -0.25) is 4.79 Å². The second-order valence-corrected chi connectivity index (χ2v) is 4.51. The highest BCUT2D eigenvalue weighted by Gasteiger charge is 2.16. The number of rotatable bonds is 6. The van der Waals surface area contributed by atoms with Gasteiger partial charge < -0.3 is 4.74 Å². The fourth-order valence-corrected chi connectivity index (χ4v) is 1.99. The number of Topliss-reactive ketones (excluding diaryl/α,β-unsaturated/α-hetero) is 1. The molecule has 17 heavy (non-hydrogen) atoms. The van der Waals surface area contributed by atoms with E-state index in [0.717, 1.165) is 24.0 Å². The normalized spacial score (nSPS) is 10.6. The Labute approximate surface area is 104 Å². The first-order chi connectivity index (χ1) is 8.12. The first-order valence-electron chi connectivity index (χ1n) is 6.30. The van der Waals surface area contributed by atoms with Crippen molar-refractivity contribution in [1.29, 1.82) is 0 Å². The molecule has 0 N–H and O–H groups in total. The zero-order chi connectivity index (χ0) is 12.8. The summed E-state index contributed by atoms with van der Waals surface area (Å²) in [6.45, 7) is 6.26. The molecule has 1 rings (SSSR count). The molecule has 0 fully saturated rings. The van der Waals surface area contributed by atoms with Crippen LogP contribution in [-0.2, 0) is 0 Å². The summed E-state index contributed by atoms with van der Waals surface area (Å²) in [6.07, 6.45) is 2.72. The van der Waals surface area contributed by atoms with Gasteiger partial charge in [0.05, 0.1) is 12.7 Å². The second kappa shape index (κ2) is 6.43. The summed E-state index contributed by atoms with van der Waals surface area (Å²) in [4.78, 5) is 12.2. The molecular weight excluding hydrogens is 212 g/mol. The first-order valence-corrected chi connectivity index (χ1v) is 6.30. The molecule has 0 aliphatic heterocycles. The maximum absolute atomic E-state index is 12.2. The Morgan fingerprint density at radius 1 is 1.29 bits per heavy atom. The van der Waals surface area contributed by atoms with Crippen molar-refractivity contribution in [2.45, 2.75) is 40.0 Å². The number of benzene rings is 1. The summed E-state index contributed by atoms with van der Waals surface area (Å²) in [5, 5.41) is 0. The number of ketones is 1. The molecule has 1 aromatic carbocycles. The molecule has 0 aliphatic carbocycles. The fourth-order valence-electron chi connectivity index (χ4n) is 1.99. The van der Waals surface area contributed by atoms with Crippen molar-refractivity contribution in [3.63, 3.8) is 0 Å². The van der Waals surface area contributed by atoms with Gasteiger partial charge in [0.25, 0.3) is 0 Å². The van der Waals surface area contributed by atoms with Crippen LogP contribution in [0.1, 0.15) is 49.0 Å². The van der Waals surface area contributed by atoms with E-state index in [1.54, 1.807) is 7.11 Å². The van der Waals surface area contributed by atoms with E-state index in [-0.39, 0.29) is 5.78 Å². The number of carbonyl (C=O) groups excluding carboxylic acids is 1. The number of hydrogen-bond acceptors (Lipinski definition) is 2. The van der Waals surface area contributed by atoms with Crippen molar-refractivity contribution < 1.29 is 9.53 Å². The van der Waals surface area contributed by atoms with Gasteiger partial charge in [-0.2, -0.15) is 0 Å². The SMILES string of the molecule is CCC(CC)CC(=O)c1cc(C)ccc1OC. The lowest BCUT2D eigenvalue weighted by atomic mass is 9.93. The maximum atomic E-state index is 12.2. The minimum Gasteiger partial charge on any atom is -0.496 e. The van der Waals surface area contributed by atoms with Gasteiger partial charge in [-0.05, 0) is 25.0 Å². The third-order valence-electron chi connectivity index (χ3n) is 3.28. The Kier molecular flexibility index (Phi) is 5.20. The van der Waals surface area contributed by atoms with E-state index in [4.69, 9.17) is 4.74 Å². The van der Waals surface area contributed by atoms with Crippen LogP contribution in [0, 0.1) is 12.8 Å². The Hall–Kier alpha value is -1.31. The van der Waals surface area contributed by atoms with Gasteiger partial charge in [0.1, 0.15) is 5.75 Å². The molecule has 0 unspecified atom stereocenters. The number of ether oxygens (including phenoxy) is 1. The topological polar surface area (TPSA) is 26.3 Å². The molecule has 0 aromatic heterocycles. The smallest absolute Gasteiger partial charge is 0.166 e. The number of carbonyl (C=O) groups is 1. The summed E-state index contributed by atoms with van der Waals surface area (Å²) in [5.74, 6) is 1.36. The summed E-state index contributed by atoms with van der Waals surface area (Å²) in [6, 6.07) is 5.76. The van der Waals surface area contributed by atoms with E-state index >= 15 is 0 Å². The van der Waals surface area contributed by atoms with E-state index < -0.39 is 0 Å². The predicted octanol–water partition coefficient (Wildman–Crippen LogP) is 4.01. The first kappa shape index (κ1) is 13.8. The number of methoxy groups -OCH3 is 1. The van der Waals surface area contributed by atoms with Gasteiger partial charge in [-0.1, -0.05) is 38.3 Å². The Balaban J connectivity index is 2.90. The van der Waals surface area contributed by atoms with Crippen molar-refractivity contribution in [1.82, 2.24) is 0 Å². The summed E-state index contributed by atoms with van der Waals surface area (Å²) in [7, 11) is 1.61. The molecular formula is C15H22O2. The fraction of sp³-hybridized carbons (Fsp3) is 0.533. The van der Waals surface area contributed by atoms with Crippen LogP contribution in [-0.4, -0.2) is 12.9 Å². The molecule has 0 saturated carbocycles. The van der Waals surface area contributed by atoms with E-state index in [9.17, 15) is 4.79 Å². The highest BCUT2D eigenvalue weighted by molar-refractivity contribution is 5.99. The summed E-state index contributed by atoms with van der Waals surface area (Å²) < 4.78 is 5.25. The zero-order valence-electron chi connectivity index (χ0n) is 11.2. The second-order valence-electron chi connectivity index (χ2n) is 4.51. The van der Waals surface area contributed by atoms with Gasteiger partial charge in [-0.25, -0.2) is 0 Å². The van der Waals surface area contributed by atoms with Crippen LogP contribution in [0.2, 0.25) is 0 Å². The van der Waals surface area contributed by atoms with Gasteiger partial charge >= 0.3 is 0 Å². The van der Waals surface area contributed by atoms with Crippen LogP contribution < -0.4 is 4.74 Å². The van der Waals surface area contributed by atoms with Crippen molar-refractivity contribution in [2.24, 2.45) is 5.92 Å². The maximum Gasteiger partial charge on any atom is 0.166 e. The molecule has 0 atom stereocenters. The van der Waals surface area contributed by atoms with Crippen molar-refractivity contribution in [2.75, 3.05) is 7.11 Å². The van der Waals surface area contributed by atoms with Crippen LogP contribution in [0.25, 0.3) is 0 Å². The molecule has 0 amide bonds.